The van der Waals surface area contributed by atoms with Crippen molar-refractivity contribution >= 4 is 21.8 Å². The summed E-state index contributed by atoms with van der Waals surface area (Å²) in [4.78, 5) is 11.7. The van der Waals surface area contributed by atoms with E-state index in [1.807, 2.05) is 20.0 Å². The van der Waals surface area contributed by atoms with E-state index in [1.165, 1.54) is 0 Å². The van der Waals surface area contributed by atoms with Gasteiger partial charge in [0.1, 0.15) is 6.54 Å². The lowest BCUT2D eigenvalue weighted by Gasteiger charge is -2.06. The van der Waals surface area contributed by atoms with E-state index in [4.69, 9.17) is 0 Å². The molecule has 2 aromatic rings. The number of hydrogen-bond donors (Lipinski definition) is 1. The molecule has 1 amide bonds. The molecule has 0 fully saturated rings. The second-order valence-corrected chi connectivity index (χ2v) is 4.85. The third-order valence-corrected chi connectivity index (χ3v) is 3.21. The van der Waals surface area contributed by atoms with Gasteiger partial charge in [-0.25, -0.2) is 0 Å². The number of amides is 1. The Labute approximate surface area is 113 Å². The fourth-order valence-electron chi connectivity index (χ4n) is 1.57. The van der Waals surface area contributed by atoms with Crippen LogP contribution in [-0.4, -0.2) is 25.5 Å². The van der Waals surface area contributed by atoms with E-state index in [0.717, 1.165) is 15.9 Å². The van der Waals surface area contributed by atoms with Crippen LogP contribution in [0, 0.1) is 6.92 Å². The average molecular weight is 312 g/mol. The largest absolute Gasteiger partial charge is 0.349 e. The zero-order chi connectivity index (χ0) is 13.1. The summed E-state index contributed by atoms with van der Waals surface area (Å²) >= 11 is 3.39. The number of carbonyl (C=O) groups excluding carboxylic acids is 1. The maximum absolute atomic E-state index is 11.7. The Morgan fingerprint density at radius 2 is 2.33 bits per heavy atom. The molecule has 18 heavy (non-hydrogen) atoms. The molecule has 0 saturated heterocycles. The number of rotatable bonds is 4. The Bertz CT molecular complexity index is 540. The van der Waals surface area contributed by atoms with Gasteiger partial charge < -0.3 is 5.32 Å². The van der Waals surface area contributed by atoms with E-state index in [9.17, 15) is 4.79 Å². The highest BCUT2D eigenvalue weighted by atomic mass is 79.9. The summed E-state index contributed by atoms with van der Waals surface area (Å²) in [6.45, 7) is 2.56. The van der Waals surface area contributed by atoms with Crippen molar-refractivity contribution in [2.24, 2.45) is 7.05 Å². The molecule has 1 N–H and O–H groups in total. The minimum absolute atomic E-state index is 0.0776. The lowest BCUT2D eigenvalue weighted by molar-refractivity contribution is -0.122. The van der Waals surface area contributed by atoms with Gasteiger partial charge in [0, 0.05) is 13.2 Å². The number of halogens is 1. The first-order chi connectivity index (χ1) is 8.56. The maximum atomic E-state index is 11.7. The molecule has 2 rings (SSSR count). The number of hydrogen-bond acceptors (Lipinski definition) is 3. The molecule has 0 aliphatic heterocycles. The van der Waals surface area contributed by atoms with Crippen LogP contribution in [-0.2, 0) is 24.9 Å². The predicted molar refractivity (Wildman–Crippen MR) is 69.7 cm³/mol. The highest BCUT2D eigenvalue weighted by Gasteiger charge is 2.08. The standard InChI is InChI=1S/C11H14BrN5O/c1-8-3-4-17(15-8)7-11(18)13-6-10-9(12)5-14-16(10)2/h3-5H,6-7H2,1-2H3,(H,13,18). The number of aromatic nitrogens is 4. The fraction of sp³-hybridized carbons (Fsp3) is 0.364. The number of nitrogens with one attached hydrogen (secondary N) is 1. The Morgan fingerprint density at radius 3 is 2.89 bits per heavy atom. The quantitative estimate of drug-likeness (QED) is 0.916. The molecule has 0 saturated carbocycles. The van der Waals surface area contributed by atoms with Gasteiger partial charge in [-0.1, -0.05) is 0 Å². The summed E-state index contributed by atoms with van der Waals surface area (Å²) in [5.41, 5.74) is 1.83. The molecule has 0 bridgehead atoms. The predicted octanol–water partition coefficient (Wildman–Crippen LogP) is 1.00. The molecular formula is C11H14BrN5O. The van der Waals surface area contributed by atoms with Gasteiger partial charge in [-0.2, -0.15) is 10.2 Å². The van der Waals surface area contributed by atoms with Gasteiger partial charge in [0.25, 0.3) is 0 Å². The Morgan fingerprint density at radius 1 is 1.56 bits per heavy atom. The van der Waals surface area contributed by atoms with Crippen LogP contribution in [0.4, 0.5) is 0 Å². The van der Waals surface area contributed by atoms with Crippen molar-refractivity contribution in [1.82, 2.24) is 24.9 Å². The topological polar surface area (TPSA) is 64.7 Å². The first-order valence-corrected chi connectivity index (χ1v) is 6.28. The van der Waals surface area contributed by atoms with Crippen molar-refractivity contribution in [3.05, 3.63) is 34.3 Å². The lowest BCUT2D eigenvalue weighted by atomic mass is 10.4. The molecule has 0 aliphatic rings. The first kappa shape index (κ1) is 12.8. The van der Waals surface area contributed by atoms with E-state index < -0.39 is 0 Å². The van der Waals surface area contributed by atoms with Crippen LogP contribution in [0.2, 0.25) is 0 Å². The zero-order valence-corrected chi connectivity index (χ0v) is 11.8. The molecule has 96 valence electrons. The summed E-state index contributed by atoms with van der Waals surface area (Å²) in [5.74, 6) is -0.0776. The van der Waals surface area contributed by atoms with E-state index in [-0.39, 0.29) is 12.5 Å². The van der Waals surface area contributed by atoms with Crippen LogP contribution in [0.5, 0.6) is 0 Å². The smallest absolute Gasteiger partial charge is 0.242 e. The molecule has 0 aliphatic carbocycles. The number of carbonyl (C=O) groups is 1. The second kappa shape index (κ2) is 5.34. The van der Waals surface area contributed by atoms with Gasteiger partial charge in [-0.05, 0) is 28.9 Å². The summed E-state index contributed by atoms with van der Waals surface area (Å²) in [5, 5.41) is 11.1. The van der Waals surface area contributed by atoms with E-state index in [0.29, 0.717) is 6.54 Å². The van der Waals surface area contributed by atoms with Gasteiger partial charge >= 0.3 is 0 Å². The highest BCUT2D eigenvalue weighted by Crippen LogP contribution is 2.14. The summed E-state index contributed by atoms with van der Waals surface area (Å²) in [7, 11) is 1.84. The normalized spacial score (nSPS) is 10.6. The van der Waals surface area contributed by atoms with Crippen molar-refractivity contribution in [3.63, 3.8) is 0 Å². The first-order valence-electron chi connectivity index (χ1n) is 5.49. The summed E-state index contributed by atoms with van der Waals surface area (Å²) < 4.78 is 4.23. The summed E-state index contributed by atoms with van der Waals surface area (Å²) in [6, 6.07) is 1.87. The third-order valence-electron chi connectivity index (χ3n) is 2.54. The zero-order valence-electron chi connectivity index (χ0n) is 10.2. The third kappa shape index (κ3) is 2.98. The minimum Gasteiger partial charge on any atom is -0.349 e. The molecular weight excluding hydrogens is 298 g/mol. The van der Waals surface area contributed by atoms with Crippen molar-refractivity contribution in [2.45, 2.75) is 20.0 Å². The molecule has 7 heteroatoms. The van der Waals surface area contributed by atoms with Crippen LogP contribution >= 0.6 is 15.9 Å². The Hall–Kier alpha value is -1.63. The van der Waals surface area contributed by atoms with E-state index >= 15 is 0 Å². The van der Waals surface area contributed by atoms with Crippen LogP contribution < -0.4 is 5.32 Å². The second-order valence-electron chi connectivity index (χ2n) is 3.99. The molecule has 2 heterocycles. The van der Waals surface area contributed by atoms with Crippen molar-refractivity contribution in [1.29, 1.82) is 0 Å². The fourth-order valence-corrected chi connectivity index (χ4v) is 2.06. The van der Waals surface area contributed by atoms with Crippen LogP contribution in [0.15, 0.2) is 22.9 Å². The minimum atomic E-state index is -0.0776. The van der Waals surface area contributed by atoms with E-state index in [1.54, 1.807) is 21.8 Å². The molecule has 0 spiro atoms. The van der Waals surface area contributed by atoms with Gasteiger partial charge in [0.05, 0.1) is 28.6 Å². The van der Waals surface area contributed by atoms with Crippen LogP contribution in [0.25, 0.3) is 0 Å². The van der Waals surface area contributed by atoms with Crippen molar-refractivity contribution in [3.8, 4) is 0 Å². The van der Waals surface area contributed by atoms with Gasteiger partial charge in [-0.3, -0.25) is 14.2 Å². The SMILES string of the molecule is Cc1ccn(CC(=O)NCc2c(Br)cnn2C)n1. The van der Waals surface area contributed by atoms with Crippen LogP contribution in [0.3, 0.4) is 0 Å². The van der Waals surface area contributed by atoms with Gasteiger partial charge in [0.2, 0.25) is 5.91 Å². The molecule has 0 unspecified atom stereocenters. The Balaban J connectivity index is 1.89. The van der Waals surface area contributed by atoms with E-state index in [2.05, 4.69) is 31.4 Å². The number of aryl methyl sites for hydroxylation is 2. The molecule has 0 radical (unpaired) electrons. The van der Waals surface area contributed by atoms with Crippen molar-refractivity contribution in [2.75, 3.05) is 0 Å². The molecule has 0 atom stereocenters. The molecule has 2 aromatic heterocycles. The lowest BCUT2D eigenvalue weighted by Crippen LogP contribution is -2.28. The maximum Gasteiger partial charge on any atom is 0.242 e. The summed E-state index contributed by atoms with van der Waals surface area (Å²) in [6.07, 6.45) is 3.49. The molecule has 0 aromatic carbocycles. The van der Waals surface area contributed by atoms with Crippen molar-refractivity contribution < 1.29 is 4.79 Å². The molecule has 6 nitrogen and oxygen atoms in total. The average Bonchev–Trinajstić information content (AvgIpc) is 2.84. The van der Waals surface area contributed by atoms with Crippen LogP contribution in [0.1, 0.15) is 11.4 Å². The monoisotopic (exact) mass is 311 g/mol. The Kier molecular flexibility index (Phi) is 3.81. The number of nitrogens with zero attached hydrogens (tertiary/aromatic N) is 4. The highest BCUT2D eigenvalue weighted by molar-refractivity contribution is 9.10. The van der Waals surface area contributed by atoms with Gasteiger partial charge in [-0.15, -0.1) is 0 Å². The van der Waals surface area contributed by atoms with Gasteiger partial charge in [0.15, 0.2) is 0 Å².